The number of rotatable bonds is 7. The molecule has 32 heavy (non-hydrogen) atoms. The predicted octanol–water partition coefficient (Wildman–Crippen LogP) is 1.51. The summed E-state index contributed by atoms with van der Waals surface area (Å²) in [4.78, 5) is 27.7. The molecule has 10 heteroatoms. The van der Waals surface area contributed by atoms with Crippen molar-refractivity contribution in [2.75, 3.05) is 26.5 Å². The summed E-state index contributed by atoms with van der Waals surface area (Å²) in [6, 6.07) is 12.8. The molecule has 2 aromatic rings. The minimum atomic E-state index is -3.70. The number of nitrogens with zero attached hydrogens (tertiary/aromatic N) is 2. The third-order valence-corrected chi connectivity index (χ3v) is 6.69. The van der Waals surface area contributed by atoms with Crippen LogP contribution in [-0.4, -0.2) is 61.4 Å². The molecule has 0 bridgehead atoms. The maximum absolute atomic E-state index is 13.3. The zero-order valence-corrected chi connectivity index (χ0v) is 19.0. The number of nitrogens with one attached hydrogen (secondary N) is 1. The molecule has 2 aromatic carbocycles. The maximum Gasteiger partial charge on any atom is 0.247 e. The van der Waals surface area contributed by atoms with E-state index in [1.165, 1.54) is 24.1 Å². The van der Waals surface area contributed by atoms with Crippen LogP contribution in [0.25, 0.3) is 0 Å². The highest BCUT2D eigenvalue weighted by molar-refractivity contribution is 7.88. The van der Waals surface area contributed by atoms with Crippen LogP contribution in [0, 0.1) is 5.82 Å². The third kappa shape index (κ3) is 5.25. The molecule has 1 atom stereocenters. The molecule has 172 valence electrons. The van der Waals surface area contributed by atoms with Gasteiger partial charge in [0.25, 0.3) is 0 Å². The van der Waals surface area contributed by atoms with Crippen molar-refractivity contribution in [1.29, 1.82) is 0 Å². The van der Waals surface area contributed by atoms with Gasteiger partial charge in [-0.1, -0.05) is 24.3 Å². The second-order valence-corrected chi connectivity index (χ2v) is 9.93. The zero-order chi connectivity index (χ0) is 23.5. The van der Waals surface area contributed by atoms with E-state index in [1.807, 2.05) is 0 Å². The number of hydrogen-bond donors (Lipinski definition) is 1. The third-order valence-electron chi connectivity index (χ3n) is 5.49. The molecular weight excluding hydrogens is 437 g/mol. The van der Waals surface area contributed by atoms with Crippen LogP contribution in [0.4, 0.5) is 4.39 Å². The Bertz CT molecular complexity index is 1110. The van der Waals surface area contributed by atoms with Gasteiger partial charge in [0, 0.05) is 19.6 Å². The van der Waals surface area contributed by atoms with Gasteiger partial charge in [0.15, 0.2) is 0 Å². The van der Waals surface area contributed by atoms with Gasteiger partial charge in [0.2, 0.25) is 21.8 Å². The normalized spacial score (nSPS) is 19.6. The Morgan fingerprint density at radius 2 is 1.88 bits per heavy atom. The first-order valence-electron chi connectivity index (χ1n) is 9.94. The maximum atomic E-state index is 13.3. The first-order chi connectivity index (χ1) is 15.0. The summed E-state index contributed by atoms with van der Waals surface area (Å²) in [5.74, 6) is -0.777. The molecule has 0 aliphatic carbocycles. The fraction of sp³-hybridized carbons (Fsp3) is 0.364. The van der Waals surface area contributed by atoms with E-state index in [-0.39, 0.29) is 26.2 Å². The fourth-order valence-corrected chi connectivity index (χ4v) is 4.45. The molecule has 0 saturated carbocycles. The standard InChI is InChI=1S/C22H26FN3O5S/c1-22(21(28)24-12-16-7-9-18(23)10-8-16)15-25(32(3,29)30)14-20(27)26(22)13-17-5-4-6-19(11-17)31-2/h4-11H,12-15H2,1-3H3,(H,24,28)/t22-/m0/s1. The molecule has 0 spiro atoms. The Morgan fingerprint density at radius 3 is 2.50 bits per heavy atom. The van der Waals surface area contributed by atoms with E-state index in [0.717, 1.165) is 16.1 Å². The number of amides is 2. The Labute approximate surface area is 187 Å². The molecule has 0 radical (unpaired) electrons. The van der Waals surface area contributed by atoms with Crippen molar-refractivity contribution in [3.05, 3.63) is 65.5 Å². The molecule has 8 nitrogen and oxygen atoms in total. The lowest BCUT2D eigenvalue weighted by atomic mass is 9.94. The molecule has 1 saturated heterocycles. The van der Waals surface area contributed by atoms with Crippen LogP contribution in [0.3, 0.4) is 0 Å². The quantitative estimate of drug-likeness (QED) is 0.672. The number of piperazine rings is 1. The molecular formula is C22H26FN3O5S. The molecule has 1 heterocycles. The van der Waals surface area contributed by atoms with E-state index in [0.29, 0.717) is 11.3 Å². The van der Waals surface area contributed by atoms with Crippen molar-refractivity contribution in [2.24, 2.45) is 0 Å². The van der Waals surface area contributed by atoms with Crippen molar-refractivity contribution in [3.63, 3.8) is 0 Å². The molecule has 0 unspecified atom stereocenters. The lowest BCUT2D eigenvalue weighted by Gasteiger charge is -2.46. The summed E-state index contributed by atoms with van der Waals surface area (Å²) in [5.41, 5.74) is -0.0468. The number of hydrogen-bond acceptors (Lipinski definition) is 5. The Balaban J connectivity index is 1.88. The monoisotopic (exact) mass is 463 g/mol. The van der Waals surface area contributed by atoms with Crippen LogP contribution in [0.2, 0.25) is 0 Å². The van der Waals surface area contributed by atoms with Gasteiger partial charge in [-0.2, -0.15) is 4.31 Å². The molecule has 1 aliphatic heterocycles. The van der Waals surface area contributed by atoms with E-state index in [4.69, 9.17) is 4.74 Å². The van der Waals surface area contributed by atoms with Crippen LogP contribution in [-0.2, 0) is 32.7 Å². The highest BCUT2D eigenvalue weighted by Crippen LogP contribution is 2.27. The second kappa shape index (κ2) is 9.25. The Kier molecular flexibility index (Phi) is 6.85. The minimum absolute atomic E-state index is 0.105. The van der Waals surface area contributed by atoms with Gasteiger partial charge in [0.05, 0.1) is 19.9 Å². The average molecular weight is 464 g/mol. The van der Waals surface area contributed by atoms with E-state index in [9.17, 15) is 22.4 Å². The first kappa shape index (κ1) is 23.7. The van der Waals surface area contributed by atoms with E-state index in [2.05, 4.69) is 5.32 Å². The van der Waals surface area contributed by atoms with Crippen LogP contribution < -0.4 is 10.1 Å². The Hall–Kier alpha value is -2.98. The largest absolute Gasteiger partial charge is 0.497 e. The SMILES string of the molecule is COc1cccc(CN2C(=O)CN(S(C)(=O)=O)C[C@@]2(C)C(=O)NCc2ccc(F)cc2)c1. The van der Waals surface area contributed by atoms with Crippen molar-refractivity contribution < 1.29 is 27.1 Å². The van der Waals surface area contributed by atoms with Gasteiger partial charge >= 0.3 is 0 Å². The van der Waals surface area contributed by atoms with Crippen LogP contribution >= 0.6 is 0 Å². The lowest BCUT2D eigenvalue weighted by molar-refractivity contribution is -0.153. The number of carbonyl (C=O) groups is 2. The highest BCUT2D eigenvalue weighted by Gasteiger charge is 2.49. The van der Waals surface area contributed by atoms with Crippen molar-refractivity contribution in [3.8, 4) is 5.75 Å². The van der Waals surface area contributed by atoms with Crippen molar-refractivity contribution in [1.82, 2.24) is 14.5 Å². The first-order valence-corrected chi connectivity index (χ1v) is 11.8. The smallest absolute Gasteiger partial charge is 0.247 e. The number of ether oxygens (including phenoxy) is 1. The summed E-state index contributed by atoms with van der Waals surface area (Å²) in [6.45, 7) is 1.23. The summed E-state index contributed by atoms with van der Waals surface area (Å²) < 4.78 is 43.7. The van der Waals surface area contributed by atoms with Gasteiger partial charge in [-0.05, 0) is 42.3 Å². The van der Waals surface area contributed by atoms with E-state index >= 15 is 0 Å². The van der Waals surface area contributed by atoms with Crippen LogP contribution in [0.15, 0.2) is 48.5 Å². The number of benzene rings is 2. The summed E-state index contributed by atoms with van der Waals surface area (Å²) in [5, 5.41) is 2.76. The number of halogens is 1. The predicted molar refractivity (Wildman–Crippen MR) is 117 cm³/mol. The summed E-state index contributed by atoms with van der Waals surface area (Å²) in [6.07, 6.45) is 1.01. The van der Waals surface area contributed by atoms with E-state index < -0.39 is 33.2 Å². The topological polar surface area (TPSA) is 96.0 Å². The van der Waals surface area contributed by atoms with Gasteiger partial charge in [-0.3, -0.25) is 9.59 Å². The average Bonchev–Trinajstić information content (AvgIpc) is 2.75. The molecule has 1 aliphatic rings. The number of carbonyl (C=O) groups excluding carboxylic acids is 2. The number of sulfonamides is 1. The van der Waals surface area contributed by atoms with Crippen LogP contribution in [0.1, 0.15) is 18.1 Å². The minimum Gasteiger partial charge on any atom is -0.497 e. The summed E-state index contributed by atoms with van der Waals surface area (Å²) in [7, 11) is -2.17. The second-order valence-electron chi connectivity index (χ2n) is 7.95. The molecule has 2 amide bonds. The van der Waals surface area contributed by atoms with Gasteiger partial charge in [-0.25, -0.2) is 12.8 Å². The van der Waals surface area contributed by atoms with Crippen molar-refractivity contribution in [2.45, 2.75) is 25.6 Å². The molecule has 3 rings (SSSR count). The molecule has 0 aromatic heterocycles. The lowest BCUT2D eigenvalue weighted by Crippen LogP contribution is -2.69. The fourth-order valence-electron chi connectivity index (χ4n) is 3.62. The van der Waals surface area contributed by atoms with Gasteiger partial charge in [0.1, 0.15) is 17.1 Å². The zero-order valence-electron chi connectivity index (χ0n) is 18.2. The summed E-state index contributed by atoms with van der Waals surface area (Å²) >= 11 is 0. The molecule has 1 fully saturated rings. The van der Waals surface area contributed by atoms with Crippen LogP contribution in [0.5, 0.6) is 5.75 Å². The number of methoxy groups -OCH3 is 1. The van der Waals surface area contributed by atoms with Gasteiger partial charge in [-0.15, -0.1) is 0 Å². The molecule has 1 N–H and O–H groups in total. The van der Waals surface area contributed by atoms with Crippen molar-refractivity contribution >= 4 is 21.8 Å². The van der Waals surface area contributed by atoms with E-state index in [1.54, 1.807) is 43.3 Å². The highest BCUT2D eigenvalue weighted by atomic mass is 32.2. The van der Waals surface area contributed by atoms with Gasteiger partial charge < -0.3 is 15.0 Å². The Morgan fingerprint density at radius 1 is 1.19 bits per heavy atom.